The summed E-state index contributed by atoms with van der Waals surface area (Å²) in [6.45, 7) is 3.68. The van der Waals surface area contributed by atoms with Crippen LogP contribution in [0.1, 0.15) is 19.8 Å². The smallest absolute Gasteiger partial charge is 0.381 e. The fourth-order valence-corrected chi connectivity index (χ4v) is 1.09. The van der Waals surface area contributed by atoms with Crippen LogP contribution in [0.15, 0.2) is 0 Å². The van der Waals surface area contributed by atoms with Crippen LogP contribution in [0.25, 0.3) is 0 Å². The lowest BCUT2D eigenvalue weighted by Gasteiger charge is -2.05. The fraction of sp³-hybridized carbons (Fsp3) is 1.00. The van der Waals surface area contributed by atoms with E-state index in [0.29, 0.717) is 0 Å². The average molecular weight is 196 g/mol. The molecule has 1 heterocycles. The molecule has 0 saturated carbocycles. The monoisotopic (exact) mass is 196 g/mol. The first kappa shape index (κ1) is 12.0. The van der Waals surface area contributed by atoms with E-state index < -0.39 is 9.05 Å². The number of hydrogen-bond acceptors (Lipinski definition) is 5. The standard InChI is InChI=1S/C4H8O.C2H8O4Si/c1-2-4-5-3-1;1-2-6-7(3,4)5/h1-4H2;3-5H,2H2,1H3. The van der Waals surface area contributed by atoms with Gasteiger partial charge in [0.05, 0.1) is 0 Å². The molecule has 0 radical (unpaired) electrons. The largest absolute Gasteiger partial charge is 0.671 e. The third-order valence-corrected chi connectivity index (χ3v) is 1.84. The van der Waals surface area contributed by atoms with Gasteiger partial charge >= 0.3 is 9.05 Å². The lowest BCUT2D eigenvalue weighted by Crippen LogP contribution is -2.38. The van der Waals surface area contributed by atoms with Crippen molar-refractivity contribution in [1.82, 2.24) is 0 Å². The van der Waals surface area contributed by atoms with Gasteiger partial charge in [-0.05, 0) is 19.8 Å². The molecular weight excluding hydrogens is 180 g/mol. The molecule has 0 aromatic heterocycles. The van der Waals surface area contributed by atoms with Crippen LogP contribution in [0.4, 0.5) is 0 Å². The highest BCUT2D eigenvalue weighted by Gasteiger charge is 2.28. The van der Waals surface area contributed by atoms with Crippen LogP contribution < -0.4 is 0 Å². The van der Waals surface area contributed by atoms with Crippen molar-refractivity contribution < 1.29 is 23.5 Å². The molecule has 0 aromatic carbocycles. The van der Waals surface area contributed by atoms with Gasteiger partial charge < -0.3 is 23.5 Å². The molecule has 0 spiro atoms. The summed E-state index contributed by atoms with van der Waals surface area (Å²) in [5.41, 5.74) is 0. The second-order valence-corrected chi connectivity index (χ2v) is 3.76. The first-order chi connectivity index (χ1) is 5.56. The molecule has 5 nitrogen and oxygen atoms in total. The van der Waals surface area contributed by atoms with Gasteiger partial charge in [-0.25, -0.2) is 0 Å². The van der Waals surface area contributed by atoms with Gasteiger partial charge in [0.15, 0.2) is 0 Å². The van der Waals surface area contributed by atoms with Crippen molar-refractivity contribution in [3.05, 3.63) is 0 Å². The van der Waals surface area contributed by atoms with Gasteiger partial charge in [0.1, 0.15) is 0 Å². The van der Waals surface area contributed by atoms with E-state index in [9.17, 15) is 0 Å². The Bertz CT molecular complexity index is 91.0. The molecule has 1 rings (SSSR count). The van der Waals surface area contributed by atoms with Gasteiger partial charge in [-0.2, -0.15) is 0 Å². The van der Waals surface area contributed by atoms with Crippen LogP contribution in [0, 0.1) is 0 Å². The second-order valence-electron chi connectivity index (χ2n) is 2.33. The third kappa shape index (κ3) is 10.0. The lowest BCUT2D eigenvalue weighted by molar-refractivity contribution is 0.0687. The molecule has 74 valence electrons. The van der Waals surface area contributed by atoms with E-state index in [4.69, 9.17) is 19.1 Å². The van der Waals surface area contributed by atoms with Crippen LogP contribution >= 0.6 is 0 Å². The first-order valence-electron chi connectivity index (χ1n) is 3.95. The maximum absolute atomic E-state index is 8.05. The Balaban J connectivity index is 0.000000211. The number of hydrogen-bond donors (Lipinski definition) is 3. The summed E-state index contributed by atoms with van der Waals surface area (Å²) >= 11 is 0. The van der Waals surface area contributed by atoms with Crippen molar-refractivity contribution in [2.45, 2.75) is 19.8 Å². The number of rotatable bonds is 2. The maximum atomic E-state index is 8.05. The van der Waals surface area contributed by atoms with Crippen molar-refractivity contribution >= 4 is 9.05 Å². The van der Waals surface area contributed by atoms with E-state index in [1.54, 1.807) is 6.92 Å². The molecular formula is C6H16O5Si. The highest BCUT2D eigenvalue weighted by atomic mass is 28.4. The summed E-state index contributed by atoms with van der Waals surface area (Å²) in [6, 6.07) is 0. The van der Waals surface area contributed by atoms with Crippen LogP contribution in [-0.2, 0) is 9.16 Å². The summed E-state index contributed by atoms with van der Waals surface area (Å²) in [4.78, 5) is 24.1. The first-order valence-corrected chi connectivity index (χ1v) is 5.70. The quantitative estimate of drug-likeness (QED) is 0.506. The van der Waals surface area contributed by atoms with Crippen molar-refractivity contribution in [2.24, 2.45) is 0 Å². The Morgan fingerprint density at radius 1 is 1.25 bits per heavy atom. The van der Waals surface area contributed by atoms with E-state index in [-0.39, 0.29) is 6.61 Å². The molecule has 0 amide bonds. The molecule has 0 aliphatic carbocycles. The van der Waals surface area contributed by atoms with E-state index in [1.165, 1.54) is 12.8 Å². The molecule has 12 heavy (non-hydrogen) atoms. The van der Waals surface area contributed by atoms with Crippen molar-refractivity contribution in [3.63, 3.8) is 0 Å². The molecule has 1 aliphatic rings. The van der Waals surface area contributed by atoms with E-state index in [0.717, 1.165) is 13.2 Å². The minimum Gasteiger partial charge on any atom is -0.381 e. The third-order valence-electron chi connectivity index (χ3n) is 1.17. The minimum absolute atomic E-state index is 0.121. The van der Waals surface area contributed by atoms with Gasteiger partial charge in [-0.3, -0.25) is 0 Å². The summed E-state index contributed by atoms with van der Waals surface area (Å²) in [6.07, 6.45) is 2.56. The van der Waals surface area contributed by atoms with Crippen molar-refractivity contribution in [3.8, 4) is 0 Å². The van der Waals surface area contributed by atoms with E-state index in [2.05, 4.69) is 4.43 Å². The summed E-state index contributed by atoms with van der Waals surface area (Å²) in [5, 5.41) is 0. The highest BCUT2D eigenvalue weighted by molar-refractivity contribution is 6.48. The lowest BCUT2D eigenvalue weighted by atomic mass is 10.4. The molecule has 0 aromatic rings. The van der Waals surface area contributed by atoms with Gasteiger partial charge in [0.2, 0.25) is 0 Å². The molecule has 1 saturated heterocycles. The summed E-state index contributed by atoms with van der Waals surface area (Å²) in [7, 11) is -4.16. The van der Waals surface area contributed by atoms with Gasteiger partial charge in [0, 0.05) is 19.8 Å². The zero-order chi connectivity index (χ0) is 9.45. The zero-order valence-corrected chi connectivity index (χ0v) is 8.19. The van der Waals surface area contributed by atoms with Gasteiger partial charge in [-0.15, -0.1) is 0 Å². The molecule has 1 aliphatic heterocycles. The summed E-state index contributed by atoms with van der Waals surface area (Å²) in [5.74, 6) is 0. The normalized spacial score (nSPS) is 17.0. The zero-order valence-electron chi connectivity index (χ0n) is 7.19. The predicted molar refractivity (Wildman–Crippen MR) is 44.1 cm³/mol. The molecule has 3 N–H and O–H groups in total. The Morgan fingerprint density at radius 2 is 1.75 bits per heavy atom. The van der Waals surface area contributed by atoms with Crippen molar-refractivity contribution in [1.29, 1.82) is 0 Å². The number of ether oxygens (including phenoxy) is 1. The van der Waals surface area contributed by atoms with Crippen molar-refractivity contribution in [2.75, 3.05) is 19.8 Å². The van der Waals surface area contributed by atoms with Crippen LogP contribution in [-0.4, -0.2) is 43.3 Å². The Labute approximate surface area is 73.0 Å². The highest BCUT2D eigenvalue weighted by Crippen LogP contribution is 1.98. The Morgan fingerprint density at radius 3 is 1.83 bits per heavy atom. The maximum Gasteiger partial charge on any atom is 0.671 e. The minimum atomic E-state index is -4.16. The molecule has 1 fully saturated rings. The second kappa shape index (κ2) is 6.52. The fourth-order valence-electron chi connectivity index (χ4n) is 0.704. The molecule has 0 unspecified atom stereocenters. The van der Waals surface area contributed by atoms with Crippen LogP contribution in [0.3, 0.4) is 0 Å². The van der Waals surface area contributed by atoms with Gasteiger partial charge in [-0.1, -0.05) is 0 Å². The topological polar surface area (TPSA) is 79.2 Å². The molecule has 0 bridgehead atoms. The van der Waals surface area contributed by atoms with E-state index >= 15 is 0 Å². The molecule has 6 heteroatoms. The van der Waals surface area contributed by atoms with Crippen LogP contribution in [0.2, 0.25) is 0 Å². The predicted octanol–water partition coefficient (Wildman–Crippen LogP) is -0.768. The summed E-state index contributed by atoms with van der Waals surface area (Å²) < 4.78 is 8.98. The van der Waals surface area contributed by atoms with Crippen LogP contribution in [0.5, 0.6) is 0 Å². The van der Waals surface area contributed by atoms with Gasteiger partial charge in [0.25, 0.3) is 0 Å². The Kier molecular flexibility index (Phi) is 6.53. The Hall–Kier alpha value is 0.0169. The molecule has 0 atom stereocenters. The SMILES string of the molecule is C1CCOC1.CCO[Si](O)(O)O. The van der Waals surface area contributed by atoms with E-state index in [1.807, 2.05) is 0 Å². The average Bonchev–Trinajstić information content (AvgIpc) is 2.38.